The number of amides is 1. The van der Waals surface area contributed by atoms with Crippen LogP contribution in [0.5, 0.6) is 5.75 Å². The summed E-state index contributed by atoms with van der Waals surface area (Å²) in [5.74, 6) is 0.410. The van der Waals surface area contributed by atoms with Crippen LogP contribution in [0.3, 0.4) is 0 Å². The molecule has 0 fully saturated rings. The van der Waals surface area contributed by atoms with Crippen LogP contribution in [-0.4, -0.2) is 43.4 Å². The smallest absolute Gasteiger partial charge is 0.296 e. The molecule has 2 aromatic carbocycles. The summed E-state index contributed by atoms with van der Waals surface area (Å²) in [6, 6.07) is 13.6. The number of carbonyl (C=O) groups excluding carboxylic acids is 1. The zero-order valence-corrected chi connectivity index (χ0v) is 22.1. The molecule has 3 N–H and O–H groups in total. The van der Waals surface area contributed by atoms with E-state index in [4.69, 9.17) is 16.3 Å². The van der Waals surface area contributed by atoms with Crippen LogP contribution in [0.15, 0.2) is 54.7 Å². The van der Waals surface area contributed by atoms with Crippen LogP contribution >= 0.6 is 11.6 Å². The van der Waals surface area contributed by atoms with E-state index in [1.165, 1.54) is 12.1 Å². The SMILES string of the molecule is Cc1ccc(OCCCC(C)(C)O)cc1-c1ccnc(NC(=O)c2n[nH]c(Cc3cc(F)cc(Cl)c3)n2)c1. The van der Waals surface area contributed by atoms with Crippen LogP contribution in [0.2, 0.25) is 5.02 Å². The molecule has 0 radical (unpaired) electrons. The second-order valence-electron chi connectivity index (χ2n) is 9.69. The van der Waals surface area contributed by atoms with Crippen LogP contribution in [0.1, 0.15) is 54.3 Å². The minimum absolute atomic E-state index is 0.0627. The van der Waals surface area contributed by atoms with E-state index in [2.05, 4.69) is 25.5 Å². The minimum Gasteiger partial charge on any atom is -0.494 e. The number of nitrogens with zero attached hydrogens (tertiary/aromatic N) is 3. The van der Waals surface area contributed by atoms with Gasteiger partial charge in [-0.15, -0.1) is 5.10 Å². The van der Waals surface area contributed by atoms with E-state index < -0.39 is 17.3 Å². The Labute approximate surface area is 225 Å². The van der Waals surface area contributed by atoms with E-state index in [9.17, 15) is 14.3 Å². The molecule has 0 saturated carbocycles. The van der Waals surface area contributed by atoms with Gasteiger partial charge in [-0.1, -0.05) is 17.7 Å². The van der Waals surface area contributed by atoms with Gasteiger partial charge < -0.3 is 15.2 Å². The van der Waals surface area contributed by atoms with Gasteiger partial charge in [-0.2, -0.15) is 0 Å². The second-order valence-corrected chi connectivity index (χ2v) is 10.1. The van der Waals surface area contributed by atoms with Crippen LogP contribution < -0.4 is 10.1 Å². The summed E-state index contributed by atoms with van der Waals surface area (Å²) in [4.78, 5) is 21.2. The quantitative estimate of drug-likeness (QED) is 0.222. The summed E-state index contributed by atoms with van der Waals surface area (Å²) < 4.78 is 19.5. The van der Waals surface area contributed by atoms with Crippen molar-refractivity contribution in [3.05, 3.63) is 88.3 Å². The number of pyridine rings is 1. The molecule has 198 valence electrons. The summed E-state index contributed by atoms with van der Waals surface area (Å²) in [5, 5.41) is 19.5. The molecule has 38 heavy (non-hydrogen) atoms. The number of rotatable bonds is 10. The molecule has 0 atom stereocenters. The highest BCUT2D eigenvalue weighted by Gasteiger charge is 2.15. The van der Waals surface area contributed by atoms with E-state index in [1.807, 2.05) is 31.2 Å². The van der Waals surface area contributed by atoms with Crippen molar-refractivity contribution in [1.82, 2.24) is 20.2 Å². The fourth-order valence-corrected chi connectivity index (χ4v) is 4.16. The molecule has 0 unspecified atom stereocenters. The molecule has 10 heteroatoms. The molecule has 4 rings (SSSR count). The van der Waals surface area contributed by atoms with Crippen molar-refractivity contribution in [3.63, 3.8) is 0 Å². The van der Waals surface area contributed by atoms with Crippen LogP contribution in [0.25, 0.3) is 11.1 Å². The van der Waals surface area contributed by atoms with Crippen LogP contribution in [0.4, 0.5) is 10.2 Å². The summed E-state index contributed by atoms with van der Waals surface area (Å²) in [7, 11) is 0. The largest absolute Gasteiger partial charge is 0.494 e. The highest BCUT2D eigenvalue weighted by molar-refractivity contribution is 6.30. The number of carbonyl (C=O) groups is 1. The molecule has 0 aliphatic rings. The van der Waals surface area contributed by atoms with Crippen molar-refractivity contribution in [3.8, 4) is 16.9 Å². The molecule has 8 nitrogen and oxygen atoms in total. The van der Waals surface area contributed by atoms with Crippen LogP contribution in [-0.2, 0) is 6.42 Å². The topological polar surface area (TPSA) is 113 Å². The van der Waals surface area contributed by atoms with Crippen molar-refractivity contribution >= 4 is 23.3 Å². The number of aromatic amines is 1. The van der Waals surface area contributed by atoms with Gasteiger partial charge in [0.25, 0.3) is 5.91 Å². The van der Waals surface area contributed by atoms with Gasteiger partial charge in [-0.3, -0.25) is 9.89 Å². The lowest BCUT2D eigenvalue weighted by atomic mass is 10.0. The summed E-state index contributed by atoms with van der Waals surface area (Å²) in [6.07, 6.45) is 3.22. The van der Waals surface area contributed by atoms with E-state index >= 15 is 0 Å². The summed E-state index contributed by atoms with van der Waals surface area (Å²) >= 11 is 5.91. The first kappa shape index (κ1) is 27.2. The molecule has 2 heterocycles. The number of aromatic nitrogens is 4. The minimum atomic E-state index is -0.720. The Hall–Kier alpha value is -3.82. The van der Waals surface area contributed by atoms with Gasteiger partial charge in [0.1, 0.15) is 23.2 Å². The first-order valence-corrected chi connectivity index (χ1v) is 12.5. The summed E-state index contributed by atoms with van der Waals surface area (Å²) in [6.45, 7) is 6.05. The molecule has 0 bridgehead atoms. The first-order chi connectivity index (χ1) is 18.1. The predicted molar refractivity (Wildman–Crippen MR) is 144 cm³/mol. The third-order valence-electron chi connectivity index (χ3n) is 5.75. The fourth-order valence-electron chi connectivity index (χ4n) is 3.92. The second kappa shape index (κ2) is 11.7. The van der Waals surface area contributed by atoms with Gasteiger partial charge in [-0.25, -0.2) is 14.4 Å². The standard InChI is InChI=1S/C28H29ClFN5O3/c1-17-5-6-22(38-10-4-8-28(2,3)37)16-23(17)19-7-9-31-24(14-19)33-27(36)26-32-25(34-35-26)13-18-11-20(29)15-21(30)12-18/h5-7,9,11-12,14-16,37H,4,8,10,13H2,1-3H3,(H,31,33,36)(H,32,34,35). The molecular formula is C28H29ClFN5O3. The van der Waals surface area contributed by atoms with Crippen molar-refractivity contribution < 1.29 is 19.0 Å². The molecule has 0 aliphatic heterocycles. The van der Waals surface area contributed by atoms with Crippen molar-refractivity contribution in [1.29, 1.82) is 0 Å². The van der Waals surface area contributed by atoms with Crippen LogP contribution in [0, 0.1) is 12.7 Å². The molecule has 1 amide bonds. The Morgan fingerprint density at radius 3 is 2.76 bits per heavy atom. The molecule has 4 aromatic rings. The molecule has 0 aliphatic carbocycles. The van der Waals surface area contributed by atoms with Crippen molar-refractivity contribution in [2.75, 3.05) is 11.9 Å². The lowest BCUT2D eigenvalue weighted by molar-refractivity contribution is 0.0641. The average molecular weight is 538 g/mol. The Morgan fingerprint density at radius 2 is 2.00 bits per heavy atom. The van der Waals surface area contributed by atoms with Gasteiger partial charge >= 0.3 is 0 Å². The Bertz CT molecular complexity index is 1410. The number of benzene rings is 2. The fraction of sp³-hybridized carbons (Fsp3) is 0.286. The van der Waals surface area contributed by atoms with E-state index in [0.717, 1.165) is 28.9 Å². The number of H-pyrrole nitrogens is 1. The normalized spacial score (nSPS) is 11.4. The van der Waals surface area contributed by atoms with Gasteiger partial charge in [0.15, 0.2) is 0 Å². The zero-order chi connectivity index (χ0) is 27.3. The maximum atomic E-state index is 13.6. The molecule has 0 spiro atoms. The zero-order valence-electron chi connectivity index (χ0n) is 21.4. The van der Waals surface area contributed by atoms with Gasteiger partial charge in [0.2, 0.25) is 5.82 Å². The number of ether oxygens (including phenoxy) is 1. The number of anilines is 1. The Morgan fingerprint density at radius 1 is 1.18 bits per heavy atom. The Balaban J connectivity index is 1.42. The average Bonchev–Trinajstić information content (AvgIpc) is 3.30. The number of hydrogen-bond donors (Lipinski definition) is 3. The van der Waals surface area contributed by atoms with Crippen molar-refractivity contribution in [2.45, 2.75) is 45.6 Å². The van der Waals surface area contributed by atoms with E-state index in [-0.39, 0.29) is 17.3 Å². The maximum absolute atomic E-state index is 13.6. The number of nitrogens with one attached hydrogen (secondary N) is 2. The highest BCUT2D eigenvalue weighted by Crippen LogP contribution is 2.29. The van der Waals surface area contributed by atoms with E-state index in [0.29, 0.717) is 30.2 Å². The van der Waals surface area contributed by atoms with Gasteiger partial charge in [0, 0.05) is 17.6 Å². The monoisotopic (exact) mass is 537 g/mol. The molecule has 2 aromatic heterocycles. The summed E-state index contributed by atoms with van der Waals surface area (Å²) in [5.41, 5.74) is 2.72. The molecule has 0 saturated heterocycles. The number of hydrogen-bond acceptors (Lipinski definition) is 6. The third-order valence-corrected chi connectivity index (χ3v) is 5.97. The van der Waals surface area contributed by atoms with Gasteiger partial charge in [-0.05, 0) is 98.3 Å². The lowest BCUT2D eigenvalue weighted by Crippen LogP contribution is -2.19. The predicted octanol–water partition coefficient (Wildman–Crippen LogP) is 5.74. The number of aliphatic hydroxyl groups is 1. The van der Waals surface area contributed by atoms with Gasteiger partial charge in [0.05, 0.1) is 12.2 Å². The van der Waals surface area contributed by atoms with Crippen molar-refractivity contribution in [2.24, 2.45) is 0 Å². The lowest BCUT2D eigenvalue weighted by Gasteiger charge is -2.17. The molecular weight excluding hydrogens is 509 g/mol. The highest BCUT2D eigenvalue weighted by atomic mass is 35.5. The number of aryl methyl sites for hydroxylation is 1. The Kier molecular flexibility index (Phi) is 8.38. The maximum Gasteiger partial charge on any atom is 0.296 e. The van der Waals surface area contributed by atoms with E-state index in [1.54, 1.807) is 32.2 Å². The first-order valence-electron chi connectivity index (χ1n) is 12.2. The third kappa shape index (κ3) is 7.60. The number of halogens is 2.